The molecular formula is C28H32N4O3S. The lowest BCUT2D eigenvalue weighted by Gasteiger charge is -2.37. The van der Waals surface area contributed by atoms with E-state index >= 15 is 0 Å². The Morgan fingerprint density at radius 2 is 1.78 bits per heavy atom. The van der Waals surface area contributed by atoms with Crippen LogP contribution in [0.5, 0.6) is 11.5 Å². The van der Waals surface area contributed by atoms with E-state index in [0.717, 1.165) is 47.1 Å². The van der Waals surface area contributed by atoms with E-state index in [9.17, 15) is 4.79 Å². The first-order valence-electron chi connectivity index (χ1n) is 12.6. The van der Waals surface area contributed by atoms with Gasteiger partial charge in [-0.1, -0.05) is 0 Å². The molecule has 36 heavy (non-hydrogen) atoms. The van der Waals surface area contributed by atoms with Crippen molar-refractivity contribution >= 4 is 46.1 Å². The van der Waals surface area contributed by atoms with Crippen LogP contribution in [0.15, 0.2) is 48.5 Å². The number of ether oxygens (including phenoxy) is 2. The van der Waals surface area contributed by atoms with Gasteiger partial charge in [-0.05, 0) is 112 Å². The fourth-order valence-electron chi connectivity index (χ4n) is 5.20. The van der Waals surface area contributed by atoms with Gasteiger partial charge in [0, 0.05) is 30.2 Å². The van der Waals surface area contributed by atoms with Crippen molar-refractivity contribution in [3.05, 3.63) is 54.1 Å². The van der Waals surface area contributed by atoms with Crippen LogP contribution >= 0.6 is 12.2 Å². The highest BCUT2D eigenvalue weighted by Crippen LogP contribution is 2.28. The number of likely N-dealkylation sites (tertiary alicyclic amines) is 1. The van der Waals surface area contributed by atoms with Gasteiger partial charge >= 0.3 is 0 Å². The maximum absolute atomic E-state index is 12.5. The normalized spacial score (nSPS) is 16.8. The maximum Gasteiger partial charge on any atom is 0.262 e. The van der Waals surface area contributed by atoms with Gasteiger partial charge in [0.05, 0.1) is 5.52 Å². The van der Waals surface area contributed by atoms with E-state index in [4.69, 9.17) is 14.5 Å². The minimum Gasteiger partial charge on any atom is -0.484 e. The zero-order valence-corrected chi connectivity index (χ0v) is 21.4. The van der Waals surface area contributed by atoms with Crippen LogP contribution in [0.3, 0.4) is 0 Å². The number of aromatic nitrogens is 1. The van der Waals surface area contributed by atoms with Crippen molar-refractivity contribution in [2.45, 2.75) is 38.6 Å². The number of amides is 1. The number of pyridine rings is 1. The predicted molar refractivity (Wildman–Crippen MR) is 147 cm³/mol. The largest absolute Gasteiger partial charge is 0.484 e. The molecule has 2 aromatic carbocycles. The first-order valence-corrected chi connectivity index (χ1v) is 13.1. The summed E-state index contributed by atoms with van der Waals surface area (Å²) in [7, 11) is 0. The third kappa shape index (κ3) is 5.77. The summed E-state index contributed by atoms with van der Waals surface area (Å²) in [5.74, 6) is 2.03. The maximum atomic E-state index is 12.5. The highest BCUT2D eigenvalue weighted by molar-refractivity contribution is 7.78. The smallest absolute Gasteiger partial charge is 0.262 e. The summed E-state index contributed by atoms with van der Waals surface area (Å²) in [6.07, 6.45) is 5.10. The number of carbonyl (C=O) groups is 1. The Kier molecular flexibility index (Phi) is 7.63. The van der Waals surface area contributed by atoms with E-state index < -0.39 is 0 Å². The zero-order chi connectivity index (χ0) is 24.9. The first-order chi connectivity index (χ1) is 17.6. The van der Waals surface area contributed by atoms with Crippen molar-refractivity contribution in [1.82, 2.24) is 9.88 Å². The van der Waals surface area contributed by atoms with Gasteiger partial charge in [-0.2, -0.15) is 0 Å². The molecule has 2 aliphatic rings. The van der Waals surface area contributed by atoms with Gasteiger partial charge in [0.1, 0.15) is 17.3 Å². The van der Waals surface area contributed by atoms with Crippen molar-refractivity contribution in [3.63, 3.8) is 0 Å². The van der Waals surface area contributed by atoms with Crippen LogP contribution in [0, 0.1) is 6.92 Å². The lowest BCUT2D eigenvalue weighted by molar-refractivity contribution is -0.118. The monoisotopic (exact) mass is 504 g/mol. The van der Waals surface area contributed by atoms with Crippen molar-refractivity contribution in [2.75, 3.05) is 43.0 Å². The molecule has 188 valence electrons. The van der Waals surface area contributed by atoms with Gasteiger partial charge in [0.15, 0.2) is 12.2 Å². The molecule has 0 radical (unpaired) electrons. The van der Waals surface area contributed by atoms with Crippen molar-refractivity contribution < 1.29 is 14.3 Å². The summed E-state index contributed by atoms with van der Waals surface area (Å²) in [6, 6.07) is 15.7. The number of benzene rings is 2. The summed E-state index contributed by atoms with van der Waals surface area (Å²) in [6.45, 7) is 6.65. The predicted octanol–water partition coefficient (Wildman–Crippen LogP) is 4.96. The lowest BCUT2D eigenvalue weighted by atomic mass is 10.0. The number of thiocarbonyl (C=S) groups is 1. The molecule has 3 aromatic rings. The van der Waals surface area contributed by atoms with Crippen molar-refractivity contribution in [1.29, 1.82) is 0 Å². The molecule has 1 amide bonds. The van der Waals surface area contributed by atoms with Crippen molar-refractivity contribution in [2.24, 2.45) is 0 Å². The van der Waals surface area contributed by atoms with Crippen LogP contribution in [0.25, 0.3) is 10.9 Å². The minimum atomic E-state index is -0.225. The summed E-state index contributed by atoms with van der Waals surface area (Å²) in [5.41, 5.74) is 4.02. The van der Waals surface area contributed by atoms with E-state index in [1.807, 2.05) is 18.2 Å². The molecule has 0 unspecified atom stereocenters. The second-order valence-electron chi connectivity index (χ2n) is 9.51. The molecule has 5 rings (SSSR count). The Bertz CT molecular complexity index is 1220. The van der Waals surface area contributed by atoms with E-state index in [1.54, 1.807) is 24.3 Å². The molecule has 0 atom stereocenters. The summed E-state index contributed by atoms with van der Waals surface area (Å²) in [5, 5.41) is 3.96. The number of nitrogens with zero attached hydrogens (tertiary/aromatic N) is 3. The fourth-order valence-corrected chi connectivity index (χ4v) is 5.31. The van der Waals surface area contributed by atoms with Crippen LogP contribution in [-0.4, -0.2) is 60.2 Å². The number of hydrogen-bond donors (Lipinski definition) is 1. The molecule has 0 saturated carbocycles. The molecule has 2 fully saturated rings. The standard InChI is InChI=1S/C28H32N4O3S/c1-20-16-27(32-14-10-22(11-15-32)31-12-2-3-13-31)30-26-9-4-21(17-25(20)26)29-28(33)18-34-23-5-7-24(8-6-23)35-19-36/h4-9,16-17,19,22H,2-3,10-15,18H2,1H3,(H,29,33). The number of fused-ring (bicyclic) bond motifs is 1. The van der Waals surface area contributed by atoms with E-state index in [2.05, 4.69) is 40.3 Å². The van der Waals surface area contributed by atoms with Gasteiger partial charge in [0.25, 0.3) is 5.91 Å². The molecule has 1 N–H and O–H groups in total. The highest BCUT2D eigenvalue weighted by atomic mass is 32.1. The van der Waals surface area contributed by atoms with Gasteiger partial charge < -0.3 is 24.6 Å². The number of aryl methyl sites for hydroxylation is 1. The number of anilines is 2. The Hall–Kier alpha value is -3.23. The second kappa shape index (κ2) is 11.2. The van der Waals surface area contributed by atoms with Crippen molar-refractivity contribution in [3.8, 4) is 11.5 Å². The van der Waals surface area contributed by atoms with Crippen LogP contribution in [0.2, 0.25) is 0 Å². The molecular weight excluding hydrogens is 472 g/mol. The average Bonchev–Trinajstić information content (AvgIpc) is 3.44. The van der Waals surface area contributed by atoms with Crippen LogP contribution in [0.1, 0.15) is 31.2 Å². The Balaban J connectivity index is 1.19. The molecule has 1 aromatic heterocycles. The van der Waals surface area contributed by atoms with Gasteiger partial charge in [-0.3, -0.25) is 4.79 Å². The van der Waals surface area contributed by atoms with Gasteiger partial charge in [0.2, 0.25) is 0 Å². The number of piperidine rings is 1. The SMILES string of the molecule is Cc1cc(N2CCC(N3CCCC3)CC2)nc2ccc(NC(=O)COc3ccc(OC=S)cc3)cc12. The Morgan fingerprint density at radius 1 is 1.06 bits per heavy atom. The molecule has 3 heterocycles. The number of carbonyl (C=O) groups excluding carboxylic acids is 1. The molecule has 2 aliphatic heterocycles. The molecule has 0 bridgehead atoms. The van der Waals surface area contributed by atoms with E-state index in [0.29, 0.717) is 11.5 Å². The fraction of sp³-hybridized carbons (Fsp3) is 0.393. The van der Waals surface area contributed by atoms with Gasteiger partial charge in [-0.15, -0.1) is 0 Å². The molecule has 2 saturated heterocycles. The first kappa shape index (κ1) is 24.5. The van der Waals surface area contributed by atoms with Crippen LogP contribution < -0.4 is 19.7 Å². The minimum absolute atomic E-state index is 0.0883. The third-order valence-corrected chi connectivity index (χ3v) is 7.21. The molecule has 0 spiro atoms. The highest BCUT2D eigenvalue weighted by Gasteiger charge is 2.27. The van der Waals surface area contributed by atoms with Crippen LogP contribution in [-0.2, 0) is 4.79 Å². The summed E-state index contributed by atoms with van der Waals surface area (Å²) >= 11 is 4.67. The second-order valence-corrected chi connectivity index (χ2v) is 9.71. The third-order valence-electron chi connectivity index (χ3n) is 7.11. The average molecular weight is 505 g/mol. The molecule has 8 heteroatoms. The number of hydrogen-bond acceptors (Lipinski definition) is 7. The summed E-state index contributed by atoms with van der Waals surface area (Å²) in [4.78, 5) is 22.5. The quantitative estimate of drug-likeness (QED) is 0.435. The lowest BCUT2D eigenvalue weighted by Crippen LogP contribution is -2.44. The topological polar surface area (TPSA) is 66.9 Å². The van der Waals surface area contributed by atoms with E-state index in [-0.39, 0.29) is 12.5 Å². The van der Waals surface area contributed by atoms with Gasteiger partial charge in [-0.25, -0.2) is 4.98 Å². The van der Waals surface area contributed by atoms with Crippen LogP contribution in [0.4, 0.5) is 11.5 Å². The molecule has 7 nitrogen and oxygen atoms in total. The zero-order valence-electron chi connectivity index (χ0n) is 20.6. The number of rotatable bonds is 8. The van der Waals surface area contributed by atoms with E-state index in [1.165, 1.54) is 44.3 Å². The number of nitrogens with one attached hydrogen (secondary N) is 1. The Morgan fingerprint density at radius 3 is 2.50 bits per heavy atom. The Labute approximate surface area is 217 Å². The molecule has 0 aliphatic carbocycles. The summed E-state index contributed by atoms with van der Waals surface area (Å²) < 4.78 is 10.7.